The number of benzene rings is 1. The van der Waals surface area contributed by atoms with Gasteiger partial charge in [0.25, 0.3) is 0 Å². The maximum Gasteiger partial charge on any atom is 0.162 e. The van der Waals surface area contributed by atoms with Crippen LogP contribution in [-0.4, -0.2) is 12.3 Å². The topological polar surface area (TPSA) is 43.1 Å². The molecule has 0 aliphatic rings. The second-order valence-corrected chi connectivity index (χ2v) is 5.86. The second-order valence-electron chi connectivity index (χ2n) is 5.86. The van der Waals surface area contributed by atoms with Gasteiger partial charge in [-0.25, -0.2) is 0 Å². The van der Waals surface area contributed by atoms with Crippen LogP contribution in [0.4, 0.5) is 0 Å². The molecule has 0 heterocycles. The summed E-state index contributed by atoms with van der Waals surface area (Å²) in [6, 6.07) is 9.63. The molecule has 0 aliphatic heterocycles. The third-order valence-electron chi connectivity index (χ3n) is 3.95. The van der Waals surface area contributed by atoms with E-state index in [1.165, 1.54) is 57.8 Å². The molecule has 1 aromatic carbocycles. The van der Waals surface area contributed by atoms with Crippen molar-refractivity contribution in [1.82, 2.24) is 0 Å². The van der Waals surface area contributed by atoms with Crippen LogP contribution in [-0.2, 0) is 0 Å². The zero-order chi connectivity index (χ0) is 15.2. The van der Waals surface area contributed by atoms with Gasteiger partial charge in [-0.3, -0.25) is 4.79 Å². The minimum absolute atomic E-state index is 0.288. The van der Waals surface area contributed by atoms with Crippen LogP contribution in [0.5, 0.6) is 0 Å². The summed E-state index contributed by atoms with van der Waals surface area (Å²) in [4.78, 5) is 11.9. The molecule has 0 amide bonds. The fraction of sp³-hybridized carbons (Fsp3) is 0.632. The van der Waals surface area contributed by atoms with Crippen LogP contribution in [0.25, 0.3) is 0 Å². The molecular formula is C19H31NO. The summed E-state index contributed by atoms with van der Waals surface area (Å²) >= 11 is 0. The molecule has 0 aromatic heterocycles. The van der Waals surface area contributed by atoms with E-state index in [1.807, 2.05) is 30.3 Å². The van der Waals surface area contributed by atoms with E-state index in [4.69, 9.17) is 5.73 Å². The third kappa shape index (κ3) is 9.41. The zero-order valence-electron chi connectivity index (χ0n) is 13.4. The van der Waals surface area contributed by atoms with E-state index in [1.54, 1.807) is 0 Å². The van der Waals surface area contributed by atoms with E-state index >= 15 is 0 Å². The molecule has 21 heavy (non-hydrogen) atoms. The van der Waals surface area contributed by atoms with E-state index in [-0.39, 0.29) is 5.78 Å². The van der Waals surface area contributed by atoms with Gasteiger partial charge < -0.3 is 5.73 Å². The van der Waals surface area contributed by atoms with Gasteiger partial charge in [0.05, 0.1) is 0 Å². The van der Waals surface area contributed by atoms with Gasteiger partial charge >= 0.3 is 0 Å². The maximum absolute atomic E-state index is 11.9. The van der Waals surface area contributed by atoms with Crippen LogP contribution in [0.2, 0.25) is 0 Å². The molecule has 0 fully saturated rings. The lowest BCUT2D eigenvalue weighted by Gasteiger charge is -2.03. The Morgan fingerprint density at radius 1 is 0.714 bits per heavy atom. The van der Waals surface area contributed by atoms with Gasteiger partial charge in [0.1, 0.15) is 0 Å². The molecule has 1 aromatic rings. The molecule has 0 radical (unpaired) electrons. The van der Waals surface area contributed by atoms with Gasteiger partial charge in [-0.1, -0.05) is 81.7 Å². The summed E-state index contributed by atoms with van der Waals surface area (Å²) in [5.74, 6) is 0.288. The molecule has 0 bridgehead atoms. The first-order valence-corrected chi connectivity index (χ1v) is 8.63. The summed E-state index contributed by atoms with van der Waals surface area (Å²) < 4.78 is 0. The monoisotopic (exact) mass is 289 g/mol. The van der Waals surface area contributed by atoms with Crippen molar-refractivity contribution in [3.05, 3.63) is 35.9 Å². The van der Waals surface area contributed by atoms with Gasteiger partial charge in [-0.2, -0.15) is 0 Å². The van der Waals surface area contributed by atoms with E-state index < -0.39 is 0 Å². The van der Waals surface area contributed by atoms with Crippen LogP contribution >= 0.6 is 0 Å². The van der Waals surface area contributed by atoms with Gasteiger partial charge in [0, 0.05) is 12.0 Å². The molecule has 0 saturated heterocycles. The molecular weight excluding hydrogens is 258 g/mol. The summed E-state index contributed by atoms with van der Waals surface area (Å²) in [5, 5.41) is 0. The lowest BCUT2D eigenvalue weighted by molar-refractivity contribution is 0.0979. The van der Waals surface area contributed by atoms with Gasteiger partial charge in [0.15, 0.2) is 5.78 Å². The molecule has 0 atom stereocenters. The first-order valence-electron chi connectivity index (χ1n) is 8.63. The van der Waals surface area contributed by atoms with Gasteiger partial charge in [0.2, 0.25) is 0 Å². The number of ketones is 1. The highest BCUT2D eigenvalue weighted by Crippen LogP contribution is 2.12. The lowest BCUT2D eigenvalue weighted by atomic mass is 10.0. The van der Waals surface area contributed by atoms with E-state index in [9.17, 15) is 4.79 Å². The van der Waals surface area contributed by atoms with Crippen molar-refractivity contribution >= 4 is 5.78 Å². The van der Waals surface area contributed by atoms with Crippen molar-refractivity contribution in [2.24, 2.45) is 5.73 Å². The highest BCUT2D eigenvalue weighted by Gasteiger charge is 2.03. The third-order valence-corrected chi connectivity index (χ3v) is 3.95. The Kier molecular flexibility index (Phi) is 10.7. The van der Waals surface area contributed by atoms with E-state index in [2.05, 4.69) is 0 Å². The molecule has 2 heteroatoms. The molecule has 2 N–H and O–H groups in total. The van der Waals surface area contributed by atoms with E-state index in [0.29, 0.717) is 6.42 Å². The number of Topliss-reactive ketones (excluding diaryl/α,β-unsaturated/α-hetero) is 1. The summed E-state index contributed by atoms with van der Waals surface area (Å²) in [6.07, 6.45) is 13.4. The number of hydrogen-bond acceptors (Lipinski definition) is 2. The van der Waals surface area contributed by atoms with Gasteiger partial charge in [-0.05, 0) is 19.4 Å². The zero-order valence-corrected chi connectivity index (χ0v) is 13.4. The quantitative estimate of drug-likeness (QED) is 0.404. The number of hydrogen-bond donors (Lipinski definition) is 1. The Balaban J connectivity index is 1.88. The lowest BCUT2D eigenvalue weighted by Crippen LogP contribution is -1.98. The molecule has 118 valence electrons. The first kappa shape index (κ1) is 17.9. The number of carbonyl (C=O) groups excluding carboxylic acids is 1. The van der Waals surface area contributed by atoms with Crippen molar-refractivity contribution in [3.63, 3.8) is 0 Å². The molecule has 0 unspecified atom stereocenters. The molecule has 0 aliphatic carbocycles. The average molecular weight is 289 g/mol. The SMILES string of the molecule is NCCCCCCCCCCCCC(=O)c1ccccc1. The Morgan fingerprint density at radius 2 is 1.19 bits per heavy atom. The van der Waals surface area contributed by atoms with Crippen LogP contribution in [0.15, 0.2) is 30.3 Å². The largest absolute Gasteiger partial charge is 0.330 e. The standard InChI is InChI=1S/C19H31NO/c20-17-13-8-6-4-2-1-3-5-7-12-16-19(21)18-14-10-9-11-15-18/h9-11,14-15H,1-8,12-13,16-17,20H2. The van der Waals surface area contributed by atoms with Crippen LogP contribution < -0.4 is 5.73 Å². The minimum Gasteiger partial charge on any atom is -0.330 e. The number of unbranched alkanes of at least 4 members (excludes halogenated alkanes) is 9. The fourth-order valence-corrected chi connectivity index (χ4v) is 2.61. The number of nitrogens with two attached hydrogens (primary N) is 1. The summed E-state index contributed by atoms with van der Waals surface area (Å²) in [5.41, 5.74) is 6.33. The van der Waals surface area contributed by atoms with Gasteiger partial charge in [-0.15, -0.1) is 0 Å². The van der Waals surface area contributed by atoms with E-state index in [0.717, 1.165) is 18.5 Å². The fourth-order valence-electron chi connectivity index (χ4n) is 2.61. The molecule has 1 rings (SSSR count). The highest BCUT2D eigenvalue weighted by molar-refractivity contribution is 5.95. The molecule has 2 nitrogen and oxygen atoms in total. The van der Waals surface area contributed by atoms with Crippen LogP contribution in [0.3, 0.4) is 0 Å². The highest BCUT2D eigenvalue weighted by atomic mass is 16.1. The summed E-state index contributed by atoms with van der Waals surface area (Å²) in [6.45, 7) is 0.835. The second kappa shape index (κ2) is 12.6. The Bertz CT molecular complexity index is 361. The van der Waals surface area contributed by atoms with Crippen LogP contribution in [0, 0.1) is 0 Å². The predicted molar refractivity (Wildman–Crippen MR) is 90.6 cm³/mol. The van der Waals surface area contributed by atoms with Crippen molar-refractivity contribution in [2.45, 2.75) is 70.6 Å². The molecule has 0 saturated carbocycles. The minimum atomic E-state index is 0.288. The van der Waals surface area contributed by atoms with Crippen molar-refractivity contribution in [3.8, 4) is 0 Å². The Hall–Kier alpha value is -1.15. The first-order chi connectivity index (χ1) is 10.3. The predicted octanol–water partition coefficient (Wildman–Crippen LogP) is 5.12. The van der Waals surface area contributed by atoms with Crippen LogP contribution in [0.1, 0.15) is 81.0 Å². The molecule has 0 spiro atoms. The number of rotatable bonds is 13. The average Bonchev–Trinajstić information content (AvgIpc) is 2.53. The normalized spacial score (nSPS) is 10.7. The smallest absolute Gasteiger partial charge is 0.162 e. The Morgan fingerprint density at radius 3 is 1.71 bits per heavy atom. The van der Waals surface area contributed by atoms with Crippen molar-refractivity contribution in [2.75, 3.05) is 6.54 Å². The maximum atomic E-state index is 11.9. The summed E-state index contributed by atoms with van der Waals surface area (Å²) in [7, 11) is 0. The Labute approximate surface area is 130 Å². The van der Waals surface area contributed by atoms with Crippen molar-refractivity contribution in [1.29, 1.82) is 0 Å². The number of carbonyl (C=O) groups is 1. The van der Waals surface area contributed by atoms with Crippen molar-refractivity contribution < 1.29 is 4.79 Å².